The molecule has 0 heterocycles. The fraction of sp³-hybridized carbons (Fsp3) is 0.458. The number of benzene rings is 2. The third-order valence-corrected chi connectivity index (χ3v) is 6.41. The molecule has 184 valence electrons. The van der Waals surface area contributed by atoms with Gasteiger partial charge in [0.1, 0.15) is 18.4 Å². The second kappa shape index (κ2) is 15.0. The van der Waals surface area contributed by atoms with Crippen LogP contribution in [-0.4, -0.2) is 39.3 Å². The standard InChI is InChI=1S/C24H32N4O5S/c1-2-3-17-34(30,31)27-23(24(29)33-19-21-9-5-4-6-10-21)18-20-11-13-22(14-12-20)32-16-8-7-15-26-28-25/h4-6,9-14,23,27H,2-3,7-8,15-19H2,1H3/t23-/m1/s1. The zero-order valence-electron chi connectivity index (χ0n) is 19.4. The summed E-state index contributed by atoms with van der Waals surface area (Å²) in [6.45, 7) is 2.91. The minimum absolute atomic E-state index is 0.0432. The molecule has 0 aliphatic rings. The van der Waals surface area contributed by atoms with E-state index in [0.717, 1.165) is 30.4 Å². The van der Waals surface area contributed by atoms with Crippen molar-refractivity contribution in [2.24, 2.45) is 5.11 Å². The molecule has 0 saturated carbocycles. The number of unbranched alkanes of at least 4 members (excludes halogenated alkanes) is 2. The van der Waals surface area contributed by atoms with Crippen molar-refractivity contribution in [3.63, 3.8) is 0 Å². The number of azide groups is 1. The van der Waals surface area contributed by atoms with Gasteiger partial charge in [0.15, 0.2) is 0 Å². The number of ether oxygens (including phenoxy) is 2. The van der Waals surface area contributed by atoms with E-state index in [9.17, 15) is 13.2 Å². The Morgan fingerprint density at radius 1 is 1.06 bits per heavy atom. The van der Waals surface area contributed by atoms with Gasteiger partial charge in [-0.1, -0.05) is 60.9 Å². The lowest BCUT2D eigenvalue weighted by atomic mass is 10.1. The van der Waals surface area contributed by atoms with Crippen LogP contribution in [0.3, 0.4) is 0 Å². The van der Waals surface area contributed by atoms with Crippen molar-refractivity contribution in [3.05, 3.63) is 76.2 Å². The zero-order chi connectivity index (χ0) is 24.7. The number of sulfonamides is 1. The summed E-state index contributed by atoms with van der Waals surface area (Å²) < 4.78 is 38.5. The van der Waals surface area contributed by atoms with Gasteiger partial charge in [-0.2, -0.15) is 0 Å². The summed E-state index contributed by atoms with van der Waals surface area (Å²) in [5.74, 6) is 0.00172. The molecule has 0 aliphatic heterocycles. The Kier molecular flexibility index (Phi) is 12.0. The molecule has 9 nitrogen and oxygen atoms in total. The van der Waals surface area contributed by atoms with Gasteiger partial charge in [-0.05, 0) is 54.5 Å². The van der Waals surface area contributed by atoms with Crippen molar-refractivity contribution in [2.75, 3.05) is 18.9 Å². The SMILES string of the molecule is CCCCS(=O)(=O)N[C@H](Cc1ccc(OCCCCN=[N+]=[N-])cc1)C(=O)OCc1ccccc1. The van der Waals surface area contributed by atoms with E-state index in [-0.39, 0.29) is 18.8 Å². The third kappa shape index (κ3) is 10.7. The van der Waals surface area contributed by atoms with Crippen LogP contribution in [0.25, 0.3) is 10.4 Å². The molecule has 0 aromatic heterocycles. The third-order valence-electron chi connectivity index (χ3n) is 4.94. The highest BCUT2D eigenvalue weighted by Crippen LogP contribution is 2.15. The Hall–Kier alpha value is -3.07. The van der Waals surface area contributed by atoms with Gasteiger partial charge in [0.25, 0.3) is 0 Å². The minimum Gasteiger partial charge on any atom is -0.494 e. The van der Waals surface area contributed by atoms with Crippen molar-refractivity contribution < 1.29 is 22.7 Å². The molecule has 0 radical (unpaired) electrons. The van der Waals surface area contributed by atoms with E-state index in [1.54, 1.807) is 24.3 Å². The van der Waals surface area contributed by atoms with Crippen molar-refractivity contribution in [2.45, 2.75) is 51.7 Å². The van der Waals surface area contributed by atoms with E-state index in [2.05, 4.69) is 14.7 Å². The van der Waals surface area contributed by atoms with Crippen LogP contribution in [0.1, 0.15) is 43.7 Å². The highest BCUT2D eigenvalue weighted by atomic mass is 32.2. The molecule has 0 unspecified atom stereocenters. The van der Waals surface area contributed by atoms with E-state index in [1.165, 1.54) is 0 Å². The van der Waals surface area contributed by atoms with Crippen LogP contribution in [0, 0.1) is 0 Å². The van der Waals surface area contributed by atoms with E-state index in [4.69, 9.17) is 15.0 Å². The van der Waals surface area contributed by atoms with Crippen molar-refractivity contribution in [1.82, 2.24) is 4.72 Å². The van der Waals surface area contributed by atoms with Gasteiger partial charge in [0.2, 0.25) is 10.0 Å². The first-order chi connectivity index (χ1) is 16.4. The first kappa shape index (κ1) is 27.2. The lowest BCUT2D eigenvalue weighted by Gasteiger charge is -2.18. The molecule has 0 fully saturated rings. The van der Waals surface area contributed by atoms with Crippen molar-refractivity contribution >= 4 is 16.0 Å². The summed E-state index contributed by atoms with van der Waals surface area (Å²) in [6, 6.07) is 15.4. The Labute approximate surface area is 201 Å². The second-order valence-corrected chi connectivity index (χ2v) is 9.67. The Bertz CT molecular complexity index is 1020. The normalized spacial score (nSPS) is 11.9. The number of esters is 1. The smallest absolute Gasteiger partial charge is 0.324 e. The summed E-state index contributed by atoms with van der Waals surface area (Å²) >= 11 is 0. The quantitative estimate of drug-likeness (QED) is 0.122. The molecule has 34 heavy (non-hydrogen) atoms. The molecule has 1 N–H and O–H groups in total. The molecule has 0 spiro atoms. The van der Waals surface area contributed by atoms with E-state index in [1.807, 2.05) is 37.3 Å². The molecule has 0 aliphatic carbocycles. The van der Waals surface area contributed by atoms with Crippen LogP contribution < -0.4 is 9.46 Å². The topological polar surface area (TPSA) is 130 Å². The Morgan fingerprint density at radius 3 is 2.47 bits per heavy atom. The average Bonchev–Trinajstić information content (AvgIpc) is 2.84. The second-order valence-electron chi connectivity index (χ2n) is 7.79. The van der Waals surface area contributed by atoms with Crippen LogP contribution in [0.2, 0.25) is 0 Å². The van der Waals surface area contributed by atoms with Gasteiger partial charge in [-0.15, -0.1) is 0 Å². The monoisotopic (exact) mass is 488 g/mol. The van der Waals surface area contributed by atoms with Gasteiger partial charge in [0, 0.05) is 11.5 Å². The first-order valence-electron chi connectivity index (χ1n) is 11.4. The highest BCUT2D eigenvalue weighted by molar-refractivity contribution is 7.89. The number of hydrogen-bond acceptors (Lipinski definition) is 6. The first-order valence-corrected chi connectivity index (χ1v) is 13.0. The molecule has 2 aromatic rings. The summed E-state index contributed by atoms with van der Waals surface area (Å²) in [5.41, 5.74) is 9.86. The van der Waals surface area contributed by atoms with E-state index >= 15 is 0 Å². The molecule has 2 aromatic carbocycles. The predicted molar refractivity (Wildman–Crippen MR) is 131 cm³/mol. The van der Waals surface area contributed by atoms with Crippen LogP contribution in [0.15, 0.2) is 59.7 Å². The van der Waals surface area contributed by atoms with Gasteiger partial charge in [-0.3, -0.25) is 4.79 Å². The maximum Gasteiger partial charge on any atom is 0.324 e. The molecular formula is C24H32N4O5S. The maximum atomic E-state index is 12.8. The molecule has 0 amide bonds. The lowest BCUT2D eigenvalue weighted by Crippen LogP contribution is -2.44. The largest absolute Gasteiger partial charge is 0.494 e. The number of nitrogens with one attached hydrogen (secondary N) is 1. The maximum absolute atomic E-state index is 12.8. The van der Waals surface area contributed by atoms with E-state index in [0.29, 0.717) is 25.3 Å². The molecule has 0 bridgehead atoms. The summed E-state index contributed by atoms with van der Waals surface area (Å²) in [5, 5.41) is 3.48. The summed E-state index contributed by atoms with van der Waals surface area (Å²) in [4.78, 5) is 15.5. The lowest BCUT2D eigenvalue weighted by molar-refractivity contribution is -0.147. The summed E-state index contributed by atoms with van der Waals surface area (Å²) in [6.07, 6.45) is 2.90. The van der Waals surface area contributed by atoms with E-state index < -0.39 is 22.0 Å². The van der Waals surface area contributed by atoms with Crippen molar-refractivity contribution in [3.8, 4) is 5.75 Å². The molecule has 2 rings (SSSR count). The number of hydrogen-bond donors (Lipinski definition) is 1. The fourth-order valence-corrected chi connectivity index (χ4v) is 4.49. The van der Waals surface area contributed by atoms with Gasteiger partial charge < -0.3 is 9.47 Å². The van der Waals surface area contributed by atoms with Crippen LogP contribution in [0.5, 0.6) is 5.75 Å². The van der Waals surface area contributed by atoms with Gasteiger partial charge in [0.05, 0.1) is 12.4 Å². The average molecular weight is 489 g/mol. The predicted octanol–water partition coefficient (Wildman–Crippen LogP) is 4.53. The Morgan fingerprint density at radius 2 is 1.79 bits per heavy atom. The molecule has 0 saturated heterocycles. The fourth-order valence-electron chi connectivity index (χ4n) is 3.09. The summed E-state index contributed by atoms with van der Waals surface area (Å²) in [7, 11) is -3.63. The number of rotatable bonds is 16. The van der Waals surface area contributed by atoms with Crippen LogP contribution in [0.4, 0.5) is 0 Å². The van der Waals surface area contributed by atoms with Crippen LogP contribution in [-0.2, 0) is 32.6 Å². The minimum atomic E-state index is -3.63. The number of nitrogens with zero attached hydrogens (tertiary/aromatic N) is 3. The highest BCUT2D eigenvalue weighted by Gasteiger charge is 2.26. The number of carbonyl (C=O) groups excluding carboxylic acids is 1. The number of carbonyl (C=O) groups is 1. The molecular weight excluding hydrogens is 456 g/mol. The molecule has 10 heteroatoms. The zero-order valence-corrected chi connectivity index (χ0v) is 20.2. The Balaban J connectivity index is 1.99. The van der Waals surface area contributed by atoms with Gasteiger partial charge in [-0.25, -0.2) is 13.1 Å². The molecule has 1 atom stereocenters. The van der Waals surface area contributed by atoms with Crippen molar-refractivity contribution in [1.29, 1.82) is 0 Å². The van der Waals surface area contributed by atoms with Gasteiger partial charge >= 0.3 is 5.97 Å². The van der Waals surface area contributed by atoms with Crippen LogP contribution >= 0.6 is 0 Å².